The van der Waals surface area contributed by atoms with Crippen molar-refractivity contribution in [3.63, 3.8) is 0 Å². The molecule has 1 aliphatic carbocycles. The van der Waals surface area contributed by atoms with Crippen LogP contribution < -0.4 is 5.32 Å². The van der Waals surface area contributed by atoms with Gasteiger partial charge in [0.2, 0.25) is 5.91 Å². The lowest BCUT2D eigenvalue weighted by Gasteiger charge is -2.13. The van der Waals surface area contributed by atoms with E-state index in [-0.39, 0.29) is 17.2 Å². The van der Waals surface area contributed by atoms with Crippen LogP contribution in [0.2, 0.25) is 0 Å². The van der Waals surface area contributed by atoms with Gasteiger partial charge >= 0.3 is 0 Å². The van der Waals surface area contributed by atoms with Crippen molar-refractivity contribution in [2.24, 2.45) is 5.92 Å². The van der Waals surface area contributed by atoms with Gasteiger partial charge in [0.1, 0.15) is 6.04 Å². The Kier molecular flexibility index (Phi) is 2.97. The minimum atomic E-state index is -0.233. The van der Waals surface area contributed by atoms with Gasteiger partial charge in [-0.05, 0) is 37.4 Å². The van der Waals surface area contributed by atoms with E-state index in [9.17, 15) is 4.79 Å². The van der Waals surface area contributed by atoms with E-state index < -0.39 is 0 Å². The highest BCUT2D eigenvalue weighted by Crippen LogP contribution is 2.33. The van der Waals surface area contributed by atoms with Crippen LogP contribution in [0, 0.1) is 17.2 Å². The summed E-state index contributed by atoms with van der Waals surface area (Å²) in [4.78, 5) is 11.7. The van der Waals surface area contributed by atoms with E-state index in [4.69, 9.17) is 5.26 Å². The third kappa shape index (κ3) is 2.21. The maximum absolute atomic E-state index is 11.7. The van der Waals surface area contributed by atoms with Crippen LogP contribution in [0.3, 0.4) is 0 Å². The first-order valence-electron chi connectivity index (χ1n) is 5.13. The molecule has 2 unspecified atom stereocenters. The van der Waals surface area contributed by atoms with Crippen LogP contribution in [0.1, 0.15) is 25.7 Å². The van der Waals surface area contributed by atoms with E-state index in [2.05, 4.69) is 11.4 Å². The summed E-state index contributed by atoms with van der Waals surface area (Å²) in [5.41, 5.74) is 0. The normalized spacial score (nSPS) is 28.1. The molecule has 1 N–H and O–H groups in total. The summed E-state index contributed by atoms with van der Waals surface area (Å²) in [7, 11) is 0. The molecule has 1 saturated heterocycles. The van der Waals surface area contributed by atoms with E-state index >= 15 is 0 Å². The van der Waals surface area contributed by atoms with Crippen LogP contribution in [0.5, 0.6) is 0 Å². The Morgan fingerprint density at radius 3 is 2.79 bits per heavy atom. The van der Waals surface area contributed by atoms with Gasteiger partial charge in [-0.3, -0.25) is 4.79 Å². The van der Waals surface area contributed by atoms with Crippen molar-refractivity contribution in [3.05, 3.63) is 0 Å². The summed E-state index contributed by atoms with van der Waals surface area (Å²) in [5, 5.41) is 11.8. The van der Waals surface area contributed by atoms with Crippen LogP contribution in [-0.2, 0) is 4.79 Å². The molecule has 2 atom stereocenters. The fraction of sp³-hybridized carbons (Fsp3) is 0.800. The van der Waals surface area contributed by atoms with Crippen molar-refractivity contribution in [2.45, 2.75) is 37.0 Å². The van der Waals surface area contributed by atoms with Crippen LogP contribution in [0.15, 0.2) is 0 Å². The Labute approximate surface area is 88.2 Å². The molecule has 1 aliphatic heterocycles. The third-order valence-corrected chi connectivity index (χ3v) is 4.13. The number of rotatable bonds is 3. The molecule has 2 rings (SSSR count). The molecule has 0 spiro atoms. The number of carbonyl (C=O) groups excluding carboxylic acids is 1. The van der Waals surface area contributed by atoms with Crippen molar-refractivity contribution in [3.8, 4) is 6.07 Å². The summed E-state index contributed by atoms with van der Waals surface area (Å²) in [6.45, 7) is 0. The molecule has 0 aromatic heterocycles. The number of amides is 1. The second kappa shape index (κ2) is 4.22. The number of hydrogen-bond acceptors (Lipinski definition) is 3. The van der Waals surface area contributed by atoms with E-state index in [1.54, 1.807) is 11.8 Å². The molecule has 1 heterocycles. The van der Waals surface area contributed by atoms with Crippen molar-refractivity contribution < 1.29 is 4.79 Å². The van der Waals surface area contributed by atoms with Gasteiger partial charge in [-0.15, -0.1) is 11.8 Å². The lowest BCUT2D eigenvalue weighted by Crippen LogP contribution is -2.39. The molecular formula is C10H14N2OS. The monoisotopic (exact) mass is 210 g/mol. The van der Waals surface area contributed by atoms with E-state index in [0.717, 1.165) is 31.4 Å². The standard InChI is InChI=1S/C10H14N2OS/c11-6-8(7-3-4-7)12-10(13)9-2-1-5-14-9/h7-9H,1-5H2,(H,12,13). The number of nitriles is 1. The highest BCUT2D eigenvalue weighted by Gasteiger charge is 2.34. The Bertz CT molecular complexity index is 264. The van der Waals surface area contributed by atoms with E-state index in [1.807, 2.05) is 0 Å². The van der Waals surface area contributed by atoms with Crippen molar-refractivity contribution in [2.75, 3.05) is 5.75 Å². The predicted molar refractivity (Wildman–Crippen MR) is 55.7 cm³/mol. The number of nitrogens with one attached hydrogen (secondary N) is 1. The first-order valence-corrected chi connectivity index (χ1v) is 6.17. The number of hydrogen-bond donors (Lipinski definition) is 1. The summed E-state index contributed by atoms with van der Waals surface area (Å²) in [5.74, 6) is 1.58. The first kappa shape index (κ1) is 9.85. The third-order valence-electron chi connectivity index (χ3n) is 2.75. The van der Waals surface area contributed by atoms with Crippen molar-refractivity contribution in [1.29, 1.82) is 5.26 Å². The Hall–Kier alpha value is -0.690. The van der Waals surface area contributed by atoms with Crippen molar-refractivity contribution in [1.82, 2.24) is 5.32 Å². The van der Waals surface area contributed by atoms with E-state index in [1.165, 1.54) is 0 Å². The average molecular weight is 210 g/mol. The quantitative estimate of drug-likeness (QED) is 0.764. The topological polar surface area (TPSA) is 52.9 Å². The average Bonchev–Trinajstić information content (AvgIpc) is 2.88. The van der Waals surface area contributed by atoms with Gasteiger partial charge in [0.15, 0.2) is 0 Å². The molecule has 2 aliphatic rings. The summed E-state index contributed by atoms with van der Waals surface area (Å²) in [6.07, 6.45) is 4.29. The summed E-state index contributed by atoms with van der Waals surface area (Å²) < 4.78 is 0. The highest BCUT2D eigenvalue weighted by atomic mass is 32.2. The van der Waals surface area contributed by atoms with Gasteiger partial charge in [0.05, 0.1) is 11.3 Å². The summed E-state index contributed by atoms with van der Waals surface area (Å²) >= 11 is 1.71. The van der Waals surface area contributed by atoms with Gasteiger partial charge in [0, 0.05) is 0 Å². The van der Waals surface area contributed by atoms with Gasteiger partial charge in [-0.2, -0.15) is 5.26 Å². The molecule has 1 saturated carbocycles. The Morgan fingerprint density at radius 1 is 1.50 bits per heavy atom. The molecule has 14 heavy (non-hydrogen) atoms. The molecular weight excluding hydrogens is 196 g/mol. The van der Waals surface area contributed by atoms with Crippen molar-refractivity contribution >= 4 is 17.7 Å². The SMILES string of the molecule is N#CC(NC(=O)C1CCCS1)C1CC1. The predicted octanol–water partition coefficient (Wildman–Crippen LogP) is 1.30. The van der Waals surface area contributed by atoms with Crippen LogP contribution in [0.4, 0.5) is 0 Å². The second-order valence-electron chi connectivity index (χ2n) is 3.95. The zero-order valence-corrected chi connectivity index (χ0v) is 8.85. The maximum atomic E-state index is 11.7. The zero-order chi connectivity index (χ0) is 9.97. The number of nitrogens with zero attached hydrogens (tertiary/aromatic N) is 1. The zero-order valence-electron chi connectivity index (χ0n) is 8.03. The molecule has 2 fully saturated rings. The highest BCUT2D eigenvalue weighted by molar-refractivity contribution is 8.00. The molecule has 3 nitrogen and oxygen atoms in total. The van der Waals surface area contributed by atoms with E-state index in [0.29, 0.717) is 5.92 Å². The minimum Gasteiger partial charge on any atom is -0.339 e. The van der Waals surface area contributed by atoms with Gasteiger partial charge in [-0.25, -0.2) is 0 Å². The summed E-state index contributed by atoms with van der Waals surface area (Å²) in [6, 6.07) is 1.94. The van der Waals surface area contributed by atoms with Gasteiger partial charge < -0.3 is 5.32 Å². The molecule has 76 valence electrons. The lowest BCUT2D eigenvalue weighted by molar-refractivity contribution is -0.121. The fourth-order valence-electron chi connectivity index (χ4n) is 1.72. The molecule has 4 heteroatoms. The van der Waals surface area contributed by atoms with Gasteiger partial charge in [-0.1, -0.05) is 0 Å². The Morgan fingerprint density at radius 2 is 2.29 bits per heavy atom. The molecule has 0 aromatic rings. The Balaban J connectivity index is 1.83. The molecule has 1 amide bonds. The molecule has 0 bridgehead atoms. The van der Waals surface area contributed by atoms with Crippen LogP contribution in [0.25, 0.3) is 0 Å². The van der Waals surface area contributed by atoms with Gasteiger partial charge in [0.25, 0.3) is 0 Å². The number of thioether (sulfide) groups is 1. The molecule has 0 radical (unpaired) electrons. The number of carbonyl (C=O) groups is 1. The second-order valence-corrected chi connectivity index (χ2v) is 5.27. The maximum Gasteiger partial charge on any atom is 0.234 e. The minimum absolute atomic E-state index is 0.0750. The fourth-order valence-corrected chi connectivity index (χ4v) is 2.89. The van der Waals surface area contributed by atoms with Crippen LogP contribution in [-0.4, -0.2) is 23.0 Å². The lowest BCUT2D eigenvalue weighted by atomic mass is 10.2. The first-order chi connectivity index (χ1) is 6.81. The molecule has 0 aromatic carbocycles. The largest absolute Gasteiger partial charge is 0.339 e. The van der Waals surface area contributed by atoms with Crippen LogP contribution >= 0.6 is 11.8 Å². The smallest absolute Gasteiger partial charge is 0.234 e.